The number of hydrogen-bond acceptors (Lipinski definition) is 4. The number of halogens is 1. The predicted molar refractivity (Wildman–Crippen MR) is 107 cm³/mol. The Morgan fingerprint density at radius 2 is 2.07 bits per heavy atom. The monoisotopic (exact) mass is 387 g/mol. The first-order chi connectivity index (χ1) is 13.5. The van der Waals surface area contributed by atoms with Crippen LogP contribution in [0.4, 0.5) is 4.39 Å². The van der Waals surface area contributed by atoms with Crippen molar-refractivity contribution in [2.45, 2.75) is 64.6 Å². The number of benzene rings is 1. The summed E-state index contributed by atoms with van der Waals surface area (Å²) in [6, 6.07) is 7.39. The molecule has 1 saturated heterocycles. The van der Waals surface area contributed by atoms with Crippen molar-refractivity contribution < 1.29 is 9.18 Å². The van der Waals surface area contributed by atoms with Gasteiger partial charge in [0.2, 0.25) is 0 Å². The average Bonchev–Trinajstić information content (AvgIpc) is 3.16. The molecule has 2 aromatic rings. The Hall–Kier alpha value is -2.28. The summed E-state index contributed by atoms with van der Waals surface area (Å²) in [4.78, 5) is 14.9. The highest BCUT2D eigenvalue weighted by Crippen LogP contribution is 2.22. The lowest BCUT2D eigenvalue weighted by Crippen LogP contribution is -2.44. The van der Waals surface area contributed by atoms with Gasteiger partial charge in [0, 0.05) is 25.2 Å². The topological polar surface area (TPSA) is 63.1 Å². The van der Waals surface area contributed by atoms with Crippen LogP contribution in [0.2, 0.25) is 0 Å². The van der Waals surface area contributed by atoms with Crippen molar-refractivity contribution in [2.75, 3.05) is 13.1 Å². The van der Waals surface area contributed by atoms with Gasteiger partial charge in [-0.3, -0.25) is 9.69 Å². The van der Waals surface area contributed by atoms with Crippen LogP contribution in [-0.2, 0) is 0 Å². The quantitative estimate of drug-likeness (QED) is 0.740. The largest absolute Gasteiger partial charge is 0.351 e. The Morgan fingerprint density at radius 1 is 1.32 bits per heavy atom. The van der Waals surface area contributed by atoms with E-state index in [0.717, 1.165) is 18.5 Å². The van der Waals surface area contributed by atoms with Crippen molar-refractivity contribution in [3.63, 3.8) is 0 Å². The van der Waals surface area contributed by atoms with Crippen LogP contribution in [0, 0.1) is 5.82 Å². The van der Waals surface area contributed by atoms with Crippen molar-refractivity contribution in [3.05, 3.63) is 47.5 Å². The maximum Gasteiger partial charge on any atom is 0.273 e. The summed E-state index contributed by atoms with van der Waals surface area (Å²) in [5.74, 6) is -0.516. The van der Waals surface area contributed by atoms with Gasteiger partial charge in [0.15, 0.2) is 5.69 Å². The molecule has 3 atom stereocenters. The Kier molecular flexibility index (Phi) is 6.78. The number of likely N-dealkylation sites (tertiary alicyclic amines) is 1. The molecule has 0 unspecified atom stereocenters. The molecule has 1 aliphatic rings. The first-order valence-electron chi connectivity index (χ1n) is 10.2. The van der Waals surface area contributed by atoms with Crippen LogP contribution in [0.5, 0.6) is 0 Å². The zero-order valence-corrected chi connectivity index (χ0v) is 16.9. The number of hydrogen-bond donors (Lipinski definition) is 1. The molecule has 0 saturated carbocycles. The molecule has 0 spiro atoms. The van der Waals surface area contributed by atoms with Gasteiger partial charge < -0.3 is 5.32 Å². The molecule has 1 amide bonds. The van der Waals surface area contributed by atoms with E-state index in [1.807, 2.05) is 13.0 Å². The second-order valence-corrected chi connectivity index (χ2v) is 7.79. The fourth-order valence-electron chi connectivity index (χ4n) is 3.96. The van der Waals surface area contributed by atoms with Gasteiger partial charge in [-0.1, -0.05) is 23.8 Å². The van der Waals surface area contributed by atoms with Crippen molar-refractivity contribution in [3.8, 4) is 0 Å². The van der Waals surface area contributed by atoms with Crippen molar-refractivity contribution in [1.29, 1.82) is 0 Å². The number of carbonyl (C=O) groups is 1. The molecular formula is C21H30FN5O. The van der Waals surface area contributed by atoms with E-state index in [9.17, 15) is 9.18 Å². The lowest BCUT2D eigenvalue weighted by molar-refractivity contribution is 0.0921. The number of nitrogens with zero attached hydrogens (tertiary/aromatic N) is 4. The van der Waals surface area contributed by atoms with Crippen LogP contribution in [-0.4, -0.2) is 51.0 Å². The molecule has 6 nitrogen and oxygen atoms in total. The molecule has 1 N–H and O–H groups in total. The van der Waals surface area contributed by atoms with Gasteiger partial charge in [0.1, 0.15) is 5.82 Å². The second-order valence-electron chi connectivity index (χ2n) is 7.79. The van der Waals surface area contributed by atoms with E-state index in [0.29, 0.717) is 18.6 Å². The van der Waals surface area contributed by atoms with Crippen LogP contribution in [0.1, 0.15) is 68.5 Å². The van der Waals surface area contributed by atoms with Gasteiger partial charge in [-0.2, -0.15) is 0 Å². The standard InChI is InChI=1S/C21H30FN5O/c1-15-7-4-8-16(2)26(15)12-6-11-23-21(28)20-14-27(25-24-20)17(3)18-9-5-10-19(22)13-18/h5,9-10,13-17H,4,6-8,11-12H2,1-3H3,(H,23,28)/t15-,16-,17-/m0/s1. The van der Waals surface area contributed by atoms with Gasteiger partial charge in [-0.15, -0.1) is 5.10 Å². The Bertz CT molecular complexity index is 783. The predicted octanol–water partition coefficient (Wildman–Crippen LogP) is 3.41. The Balaban J connectivity index is 1.49. The number of aromatic nitrogens is 3. The highest BCUT2D eigenvalue weighted by atomic mass is 19.1. The summed E-state index contributed by atoms with van der Waals surface area (Å²) in [6.07, 6.45) is 6.33. The summed E-state index contributed by atoms with van der Waals surface area (Å²) >= 11 is 0. The van der Waals surface area contributed by atoms with E-state index in [1.54, 1.807) is 16.9 Å². The van der Waals surface area contributed by atoms with Gasteiger partial charge in [-0.05, 0) is 57.7 Å². The molecule has 1 fully saturated rings. The summed E-state index contributed by atoms with van der Waals surface area (Å²) in [7, 11) is 0. The number of nitrogens with one attached hydrogen (secondary N) is 1. The molecular weight excluding hydrogens is 357 g/mol. The fraction of sp³-hybridized carbons (Fsp3) is 0.571. The maximum atomic E-state index is 13.4. The Labute approximate surface area is 166 Å². The van der Waals surface area contributed by atoms with Gasteiger partial charge in [0.25, 0.3) is 5.91 Å². The SMILES string of the molecule is C[C@H]1CCC[C@H](C)N1CCCNC(=O)c1cn([C@@H](C)c2cccc(F)c2)nn1. The normalized spacial score (nSPS) is 21.4. The number of carbonyl (C=O) groups excluding carboxylic acids is 1. The van der Waals surface area contributed by atoms with Crippen molar-refractivity contribution in [1.82, 2.24) is 25.2 Å². The molecule has 7 heteroatoms. The molecule has 1 aromatic heterocycles. The molecule has 0 radical (unpaired) electrons. The zero-order valence-electron chi connectivity index (χ0n) is 16.9. The first-order valence-corrected chi connectivity index (χ1v) is 10.2. The van der Waals surface area contributed by atoms with E-state index < -0.39 is 0 Å². The van der Waals surface area contributed by atoms with Gasteiger partial charge in [0.05, 0.1) is 12.2 Å². The minimum absolute atomic E-state index is 0.202. The summed E-state index contributed by atoms with van der Waals surface area (Å²) < 4.78 is 15.0. The minimum Gasteiger partial charge on any atom is -0.351 e. The molecule has 1 aliphatic heterocycles. The molecule has 1 aromatic carbocycles. The van der Waals surface area contributed by atoms with Crippen LogP contribution in [0.3, 0.4) is 0 Å². The number of amides is 1. The smallest absolute Gasteiger partial charge is 0.273 e. The summed E-state index contributed by atoms with van der Waals surface area (Å²) in [6.45, 7) is 8.07. The van der Waals surface area contributed by atoms with E-state index >= 15 is 0 Å². The highest BCUT2D eigenvalue weighted by Gasteiger charge is 2.24. The van der Waals surface area contributed by atoms with Gasteiger partial charge >= 0.3 is 0 Å². The third kappa shape index (κ3) is 4.95. The van der Waals surface area contributed by atoms with Crippen LogP contribution in [0.25, 0.3) is 0 Å². The van der Waals surface area contributed by atoms with Crippen LogP contribution < -0.4 is 5.32 Å². The fourth-order valence-corrected chi connectivity index (χ4v) is 3.96. The molecule has 0 aliphatic carbocycles. The van der Waals surface area contributed by atoms with E-state index in [-0.39, 0.29) is 23.5 Å². The lowest BCUT2D eigenvalue weighted by atomic mass is 9.97. The van der Waals surface area contributed by atoms with E-state index in [4.69, 9.17) is 0 Å². The highest BCUT2D eigenvalue weighted by molar-refractivity contribution is 5.91. The second kappa shape index (κ2) is 9.28. The third-order valence-electron chi connectivity index (χ3n) is 5.73. The minimum atomic E-state index is -0.292. The molecule has 2 heterocycles. The zero-order chi connectivity index (χ0) is 20.1. The molecule has 28 heavy (non-hydrogen) atoms. The molecule has 3 rings (SSSR count). The third-order valence-corrected chi connectivity index (χ3v) is 5.73. The molecule has 152 valence electrons. The molecule has 0 bridgehead atoms. The van der Waals surface area contributed by atoms with Gasteiger partial charge in [-0.25, -0.2) is 9.07 Å². The van der Waals surface area contributed by atoms with Crippen LogP contribution >= 0.6 is 0 Å². The van der Waals surface area contributed by atoms with Crippen molar-refractivity contribution in [2.24, 2.45) is 0 Å². The summed E-state index contributed by atoms with van der Waals surface area (Å²) in [5, 5.41) is 10.9. The first kappa shape index (κ1) is 20.5. The number of piperidine rings is 1. The van der Waals surface area contributed by atoms with Crippen molar-refractivity contribution >= 4 is 5.91 Å². The number of rotatable bonds is 7. The van der Waals surface area contributed by atoms with E-state index in [1.165, 1.54) is 31.4 Å². The van der Waals surface area contributed by atoms with Crippen LogP contribution in [0.15, 0.2) is 30.5 Å². The summed E-state index contributed by atoms with van der Waals surface area (Å²) in [5.41, 5.74) is 1.06. The lowest BCUT2D eigenvalue weighted by Gasteiger charge is -2.39. The maximum absolute atomic E-state index is 13.4. The van der Waals surface area contributed by atoms with E-state index in [2.05, 4.69) is 34.4 Å². The Morgan fingerprint density at radius 3 is 2.79 bits per heavy atom. The average molecular weight is 388 g/mol.